The number of nitrogens with zero attached hydrogens (tertiary/aromatic N) is 3. The Bertz CT molecular complexity index is 1950. The van der Waals surface area contributed by atoms with Gasteiger partial charge in [0.1, 0.15) is 31.0 Å². The minimum Gasteiger partial charge on any atom is -0.493 e. The Labute approximate surface area is 329 Å². The van der Waals surface area contributed by atoms with Gasteiger partial charge in [-0.1, -0.05) is 18.7 Å². The van der Waals surface area contributed by atoms with E-state index in [0.717, 1.165) is 16.7 Å². The number of esters is 2. The first-order valence-electron chi connectivity index (χ1n) is 18.3. The predicted octanol–water partition coefficient (Wildman–Crippen LogP) is 3.81. The van der Waals surface area contributed by atoms with Gasteiger partial charge < -0.3 is 47.9 Å². The zero-order chi connectivity index (χ0) is 39.8. The molecular formula is C39H46N4O12S. The molecule has 2 aromatic carbocycles. The summed E-state index contributed by atoms with van der Waals surface area (Å²) in [6.45, 7) is 8.97. The number of amides is 1. The molecule has 1 N–H and O–H groups in total. The number of methoxy groups -OCH3 is 2. The van der Waals surface area contributed by atoms with Gasteiger partial charge in [0.05, 0.1) is 43.7 Å². The molecule has 17 heteroatoms. The fourth-order valence-electron chi connectivity index (χ4n) is 8.81. The normalized spacial score (nSPS) is 26.1. The van der Waals surface area contributed by atoms with Gasteiger partial charge in [-0.15, -0.1) is 11.8 Å². The number of aryl methyl sites for hydroxylation is 1. The molecule has 1 amide bonds. The molecule has 4 bridgehead atoms. The molecule has 2 saturated heterocycles. The molecule has 0 aromatic heterocycles. The molecule has 300 valence electrons. The molecule has 16 nitrogen and oxygen atoms in total. The molecule has 56 heavy (non-hydrogen) atoms. The van der Waals surface area contributed by atoms with Crippen LogP contribution < -0.4 is 29.0 Å². The van der Waals surface area contributed by atoms with Crippen LogP contribution in [0.3, 0.4) is 0 Å². The number of hydrogen-bond acceptors (Lipinski definition) is 16. The number of nitrogens with one attached hydrogen (secondary N) is 1. The maximum atomic E-state index is 13.8. The molecule has 3 unspecified atom stereocenters. The summed E-state index contributed by atoms with van der Waals surface area (Å²) in [6, 6.07) is 0.866. The van der Waals surface area contributed by atoms with Gasteiger partial charge in [-0.2, -0.15) is 5.26 Å². The lowest BCUT2D eigenvalue weighted by Crippen LogP contribution is -2.69. The van der Waals surface area contributed by atoms with Gasteiger partial charge in [0, 0.05) is 54.1 Å². The lowest BCUT2D eigenvalue weighted by atomic mass is 9.71. The Kier molecular flexibility index (Phi) is 11.6. The molecule has 0 aliphatic carbocycles. The van der Waals surface area contributed by atoms with Crippen LogP contribution in [0.5, 0.6) is 28.7 Å². The average molecular weight is 795 g/mol. The highest BCUT2D eigenvalue weighted by atomic mass is 32.2. The second kappa shape index (κ2) is 16.4. The molecule has 2 fully saturated rings. The fraction of sp³-hybridized carbons (Fsp3) is 0.538. The van der Waals surface area contributed by atoms with Crippen molar-refractivity contribution in [2.24, 2.45) is 0 Å². The number of ether oxygens (including phenoxy) is 9. The Morgan fingerprint density at radius 1 is 1.11 bits per heavy atom. The van der Waals surface area contributed by atoms with Gasteiger partial charge in [-0.3, -0.25) is 14.6 Å². The Hall–Kier alpha value is -4.73. The summed E-state index contributed by atoms with van der Waals surface area (Å²) in [7, 11) is 5.19. The van der Waals surface area contributed by atoms with Gasteiger partial charge in [0.25, 0.3) is 0 Å². The van der Waals surface area contributed by atoms with Crippen LogP contribution in [-0.2, 0) is 35.0 Å². The van der Waals surface area contributed by atoms with Crippen LogP contribution in [0.1, 0.15) is 57.6 Å². The first kappa shape index (κ1) is 39.5. The van der Waals surface area contributed by atoms with Gasteiger partial charge >= 0.3 is 18.0 Å². The summed E-state index contributed by atoms with van der Waals surface area (Å²) < 4.78 is 52.9. The topological polar surface area (TPSA) is 177 Å². The highest BCUT2D eigenvalue weighted by molar-refractivity contribution is 7.99. The van der Waals surface area contributed by atoms with E-state index in [9.17, 15) is 19.6 Å². The SMILES string of the molecule is C=CCOC(=O)NC1CS[C@@H]2c3c(OC(C)=O)c(C)c4c(c3[C@@H](COC1=O)N1C(C#N)[C@H]3Cc5cc(C)c(OC)c(OCOCCOC)c5[C@H](C21)N3C)OCO4. The summed E-state index contributed by atoms with van der Waals surface area (Å²) in [5.74, 6) is 1.05. The number of alkyl carbamates (subject to hydrolysis) is 1. The van der Waals surface area contributed by atoms with Crippen molar-refractivity contribution >= 4 is 29.8 Å². The third-order valence-corrected chi connectivity index (χ3v) is 12.4. The molecule has 7 atom stereocenters. The van der Waals surface area contributed by atoms with Gasteiger partial charge in [-0.25, -0.2) is 9.59 Å². The maximum absolute atomic E-state index is 13.8. The number of likely N-dealkylation sites (N-methyl/N-ethyl adjacent to an activating group) is 1. The van der Waals surface area contributed by atoms with Crippen molar-refractivity contribution < 1.29 is 57.0 Å². The van der Waals surface area contributed by atoms with Crippen LogP contribution in [0.2, 0.25) is 0 Å². The van der Waals surface area contributed by atoms with Crippen molar-refractivity contribution in [2.75, 3.05) is 67.0 Å². The predicted molar refractivity (Wildman–Crippen MR) is 200 cm³/mol. The van der Waals surface area contributed by atoms with Crippen molar-refractivity contribution in [1.29, 1.82) is 5.26 Å². The number of carbonyl (C=O) groups excluding carboxylic acids is 3. The minimum atomic E-state index is -1.11. The second-order valence-electron chi connectivity index (χ2n) is 14.1. The van der Waals surface area contributed by atoms with Crippen LogP contribution in [-0.4, -0.2) is 119 Å². The molecule has 6 heterocycles. The minimum absolute atomic E-state index is 0.0337. The fourth-order valence-corrected chi connectivity index (χ4v) is 10.3. The first-order chi connectivity index (χ1) is 27.1. The largest absolute Gasteiger partial charge is 0.493 e. The van der Waals surface area contributed by atoms with Crippen molar-refractivity contribution in [3.8, 4) is 34.8 Å². The highest BCUT2D eigenvalue weighted by Crippen LogP contribution is 2.64. The van der Waals surface area contributed by atoms with Gasteiger partial charge in [-0.05, 0) is 38.4 Å². The lowest BCUT2D eigenvalue weighted by Gasteiger charge is -2.61. The Balaban J connectivity index is 1.46. The summed E-state index contributed by atoms with van der Waals surface area (Å²) in [5, 5.41) is 13.2. The van der Waals surface area contributed by atoms with E-state index in [2.05, 4.69) is 33.8 Å². The standard InChI is InChI=1S/C39H46N4O12S/c1-8-9-50-39(46)41-23-16-56-37-29-28(36-34(53-18-54-36)20(3)33(29)55-21(4)44)26(15-51-38(23)45)43-25(14-40)24-13-22-12-19(2)32(48-7)35(52-17-49-11-10-47-6)27(22)30(31(37)43)42(24)5/h8,12,23-26,30-31,37H,1,9-11,13,15-18H2,2-7H3,(H,41,46)/t23?,24-,25?,26-,30-,31?,37-/m1/s1. The van der Waals surface area contributed by atoms with Crippen LogP contribution in [0.4, 0.5) is 4.79 Å². The van der Waals surface area contributed by atoms with Crippen LogP contribution in [0, 0.1) is 25.2 Å². The van der Waals surface area contributed by atoms with Crippen LogP contribution in [0.15, 0.2) is 18.7 Å². The monoisotopic (exact) mass is 794 g/mol. The van der Waals surface area contributed by atoms with E-state index in [1.165, 1.54) is 24.8 Å². The van der Waals surface area contributed by atoms with E-state index >= 15 is 0 Å². The molecule has 6 aliphatic rings. The van der Waals surface area contributed by atoms with E-state index in [4.69, 9.17) is 42.6 Å². The van der Waals surface area contributed by atoms with Crippen molar-refractivity contribution in [1.82, 2.24) is 15.1 Å². The third kappa shape index (κ3) is 6.76. The van der Waals surface area contributed by atoms with E-state index in [1.807, 2.05) is 14.0 Å². The number of hydrogen-bond donors (Lipinski definition) is 1. The highest BCUT2D eigenvalue weighted by Gasteiger charge is 2.61. The number of rotatable bonds is 11. The Morgan fingerprint density at radius 3 is 2.61 bits per heavy atom. The number of fused-ring (bicyclic) bond motifs is 10. The number of thioether (sulfide) groups is 1. The number of piperazine rings is 1. The van der Waals surface area contributed by atoms with Gasteiger partial charge in [0.2, 0.25) is 6.79 Å². The number of benzene rings is 2. The molecule has 6 aliphatic heterocycles. The van der Waals surface area contributed by atoms with E-state index < -0.39 is 53.5 Å². The van der Waals surface area contributed by atoms with Gasteiger partial charge in [0.15, 0.2) is 29.8 Å². The molecular weight excluding hydrogens is 749 g/mol. The zero-order valence-electron chi connectivity index (χ0n) is 32.2. The average Bonchev–Trinajstić information content (AvgIpc) is 3.66. The second-order valence-corrected chi connectivity index (χ2v) is 15.3. The Morgan fingerprint density at radius 2 is 1.89 bits per heavy atom. The van der Waals surface area contributed by atoms with Crippen molar-refractivity contribution in [3.05, 3.63) is 52.1 Å². The van der Waals surface area contributed by atoms with Crippen LogP contribution >= 0.6 is 11.8 Å². The quantitative estimate of drug-likeness (QED) is 0.114. The maximum Gasteiger partial charge on any atom is 0.408 e. The van der Waals surface area contributed by atoms with E-state index in [0.29, 0.717) is 65.1 Å². The molecule has 0 saturated carbocycles. The smallest absolute Gasteiger partial charge is 0.408 e. The third-order valence-electron chi connectivity index (χ3n) is 11.0. The summed E-state index contributed by atoms with van der Waals surface area (Å²) >= 11 is 1.37. The summed E-state index contributed by atoms with van der Waals surface area (Å²) in [4.78, 5) is 43.8. The van der Waals surface area contributed by atoms with Crippen LogP contribution in [0.25, 0.3) is 0 Å². The summed E-state index contributed by atoms with van der Waals surface area (Å²) in [6.07, 6.45) is 1.13. The number of carbonyl (C=O) groups is 3. The zero-order valence-corrected chi connectivity index (χ0v) is 33.0. The lowest BCUT2D eigenvalue weighted by molar-refractivity contribution is -0.151. The summed E-state index contributed by atoms with van der Waals surface area (Å²) in [5.41, 5.74) is 4.57. The molecule has 0 spiro atoms. The molecule has 2 aromatic rings. The molecule has 0 radical (unpaired) electrons. The van der Waals surface area contributed by atoms with Crippen molar-refractivity contribution in [3.63, 3.8) is 0 Å². The van der Waals surface area contributed by atoms with E-state index in [-0.39, 0.29) is 38.6 Å². The van der Waals surface area contributed by atoms with E-state index in [1.54, 1.807) is 21.1 Å². The van der Waals surface area contributed by atoms with Crippen molar-refractivity contribution in [2.45, 2.75) is 68.7 Å². The number of nitriles is 1. The molecule has 8 rings (SSSR count). The first-order valence-corrected chi connectivity index (χ1v) is 19.4.